The monoisotopic (exact) mass is 399 g/mol. The van der Waals surface area contributed by atoms with Crippen molar-refractivity contribution in [3.63, 3.8) is 0 Å². The van der Waals surface area contributed by atoms with Crippen LogP contribution in [0.1, 0.15) is 16.8 Å². The molecule has 3 aromatic rings. The lowest BCUT2D eigenvalue weighted by molar-refractivity contribution is 0.284. The zero-order valence-electron chi connectivity index (χ0n) is 15.3. The van der Waals surface area contributed by atoms with E-state index in [9.17, 15) is 4.79 Å². The molecule has 0 aliphatic rings. The summed E-state index contributed by atoms with van der Waals surface area (Å²) in [5.74, 6) is 1.33. The van der Waals surface area contributed by atoms with Gasteiger partial charge in [0.25, 0.3) is 5.56 Å². The van der Waals surface area contributed by atoms with Gasteiger partial charge < -0.3 is 9.47 Å². The highest BCUT2D eigenvalue weighted by Crippen LogP contribution is 2.28. The standard InChI is InChI=1S/C19H18ClN5O3/c1-12-18(26)22-19(25-23-12)24-21-10-14-5-8-16(17(9-14)27-2)28-11-13-3-6-15(20)7-4-13/h3-10H,11H2,1-2H3,(H2,22,24,25,26)/b21-10+. The van der Waals surface area contributed by atoms with Gasteiger partial charge in [-0.3, -0.25) is 9.78 Å². The van der Waals surface area contributed by atoms with E-state index in [1.807, 2.05) is 30.3 Å². The van der Waals surface area contributed by atoms with Crippen molar-refractivity contribution >= 4 is 23.8 Å². The highest BCUT2D eigenvalue weighted by Gasteiger charge is 2.06. The molecule has 0 saturated heterocycles. The van der Waals surface area contributed by atoms with Crippen molar-refractivity contribution < 1.29 is 9.47 Å². The molecule has 0 atom stereocenters. The molecule has 2 aromatic carbocycles. The summed E-state index contributed by atoms with van der Waals surface area (Å²) in [6, 6.07) is 12.8. The average molecular weight is 400 g/mol. The summed E-state index contributed by atoms with van der Waals surface area (Å²) >= 11 is 5.89. The van der Waals surface area contributed by atoms with Crippen molar-refractivity contribution in [3.05, 3.63) is 74.7 Å². The molecule has 0 amide bonds. The van der Waals surface area contributed by atoms with Crippen LogP contribution in [-0.4, -0.2) is 28.5 Å². The fourth-order valence-electron chi connectivity index (χ4n) is 2.24. The van der Waals surface area contributed by atoms with E-state index in [1.165, 1.54) is 0 Å². The van der Waals surface area contributed by atoms with Crippen LogP contribution < -0.4 is 20.5 Å². The number of nitrogens with one attached hydrogen (secondary N) is 2. The molecule has 0 aliphatic carbocycles. The van der Waals surface area contributed by atoms with E-state index in [-0.39, 0.29) is 17.2 Å². The second kappa shape index (κ2) is 9.01. The number of hydrazone groups is 1. The molecule has 28 heavy (non-hydrogen) atoms. The van der Waals surface area contributed by atoms with Crippen LogP contribution in [0.25, 0.3) is 0 Å². The number of anilines is 1. The smallest absolute Gasteiger partial charge is 0.274 e. The average Bonchev–Trinajstić information content (AvgIpc) is 2.70. The molecule has 8 nitrogen and oxygen atoms in total. The second-order valence-corrected chi connectivity index (χ2v) is 6.22. The summed E-state index contributed by atoms with van der Waals surface area (Å²) in [6.45, 7) is 1.96. The van der Waals surface area contributed by atoms with Crippen molar-refractivity contribution in [2.24, 2.45) is 5.10 Å². The van der Waals surface area contributed by atoms with Crippen LogP contribution in [0.5, 0.6) is 11.5 Å². The number of H-pyrrole nitrogens is 1. The molecule has 0 saturated carbocycles. The summed E-state index contributed by atoms with van der Waals surface area (Å²) in [6.07, 6.45) is 1.56. The van der Waals surface area contributed by atoms with E-state index in [1.54, 1.807) is 32.4 Å². The SMILES string of the molecule is COc1cc(/C=N/Nc2nnc(C)c(=O)[nH]2)ccc1OCc1ccc(Cl)cc1. The molecule has 0 aliphatic heterocycles. The number of hydrogen-bond acceptors (Lipinski definition) is 7. The second-order valence-electron chi connectivity index (χ2n) is 5.78. The van der Waals surface area contributed by atoms with Gasteiger partial charge >= 0.3 is 0 Å². The number of ether oxygens (including phenoxy) is 2. The minimum Gasteiger partial charge on any atom is -0.493 e. The van der Waals surface area contributed by atoms with Gasteiger partial charge in [-0.15, -0.1) is 10.2 Å². The van der Waals surface area contributed by atoms with Crippen LogP contribution in [0.4, 0.5) is 5.95 Å². The normalized spacial score (nSPS) is 10.8. The van der Waals surface area contributed by atoms with Crippen molar-refractivity contribution in [3.8, 4) is 11.5 Å². The first-order valence-corrected chi connectivity index (χ1v) is 8.71. The first-order valence-electron chi connectivity index (χ1n) is 8.33. The van der Waals surface area contributed by atoms with Crippen LogP contribution in [0, 0.1) is 6.92 Å². The van der Waals surface area contributed by atoms with Gasteiger partial charge in [0, 0.05) is 5.02 Å². The van der Waals surface area contributed by atoms with E-state index >= 15 is 0 Å². The van der Waals surface area contributed by atoms with Crippen LogP contribution in [0.15, 0.2) is 52.4 Å². The van der Waals surface area contributed by atoms with Crippen molar-refractivity contribution in [1.29, 1.82) is 0 Å². The van der Waals surface area contributed by atoms with Crippen LogP contribution in [0.3, 0.4) is 0 Å². The predicted molar refractivity (Wildman–Crippen MR) is 107 cm³/mol. The third-order valence-electron chi connectivity index (χ3n) is 3.74. The van der Waals surface area contributed by atoms with Gasteiger partial charge in [-0.2, -0.15) is 5.10 Å². The van der Waals surface area contributed by atoms with Crippen molar-refractivity contribution in [2.75, 3.05) is 12.5 Å². The molecule has 0 unspecified atom stereocenters. The molecule has 0 bridgehead atoms. The van der Waals surface area contributed by atoms with Crippen LogP contribution >= 0.6 is 11.6 Å². The lowest BCUT2D eigenvalue weighted by Gasteiger charge is -2.11. The summed E-state index contributed by atoms with van der Waals surface area (Å²) in [7, 11) is 1.57. The first kappa shape index (κ1) is 19.4. The van der Waals surface area contributed by atoms with E-state index < -0.39 is 0 Å². The van der Waals surface area contributed by atoms with Gasteiger partial charge in [-0.1, -0.05) is 23.7 Å². The molecule has 0 spiro atoms. The number of aromatic amines is 1. The maximum absolute atomic E-state index is 11.5. The highest BCUT2D eigenvalue weighted by atomic mass is 35.5. The predicted octanol–water partition coefficient (Wildman–Crippen LogP) is 3.16. The summed E-state index contributed by atoms with van der Waals surface area (Å²) < 4.78 is 11.2. The van der Waals surface area contributed by atoms with Gasteiger partial charge in [0.05, 0.1) is 13.3 Å². The Kier molecular flexibility index (Phi) is 6.23. The van der Waals surface area contributed by atoms with Crippen LogP contribution in [-0.2, 0) is 6.61 Å². The molecule has 3 rings (SSSR count). The zero-order valence-corrected chi connectivity index (χ0v) is 16.0. The Morgan fingerprint density at radius 1 is 1.18 bits per heavy atom. The number of methoxy groups -OCH3 is 1. The molecule has 144 valence electrons. The molecular weight excluding hydrogens is 382 g/mol. The Labute approximate surface area is 166 Å². The topological polar surface area (TPSA) is 101 Å². The van der Waals surface area contributed by atoms with Gasteiger partial charge in [0.2, 0.25) is 5.95 Å². The quantitative estimate of drug-likeness (QED) is 0.467. The van der Waals surface area contributed by atoms with Crippen LogP contribution in [0.2, 0.25) is 5.02 Å². The van der Waals surface area contributed by atoms with Gasteiger partial charge in [-0.05, 0) is 48.4 Å². The number of aromatic nitrogens is 3. The minimum atomic E-state index is -0.323. The molecule has 9 heteroatoms. The number of benzene rings is 2. The Balaban J connectivity index is 1.65. The Bertz CT molecular complexity index is 1030. The first-order chi connectivity index (χ1) is 13.5. The van der Waals surface area contributed by atoms with Gasteiger partial charge in [0.1, 0.15) is 12.3 Å². The van der Waals surface area contributed by atoms with Crippen molar-refractivity contribution in [1.82, 2.24) is 15.2 Å². The number of rotatable bonds is 7. The Morgan fingerprint density at radius 3 is 2.68 bits per heavy atom. The third-order valence-corrected chi connectivity index (χ3v) is 3.99. The minimum absolute atomic E-state index is 0.154. The van der Waals surface area contributed by atoms with E-state index in [0.29, 0.717) is 23.1 Å². The molecule has 0 radical (unpaired) electrons. The maximum Gasteiger partial charge on any atom is 0.274 e. The van der Waals surface area contributed by atoms with E-state index in [4.69, 9.17) is 21.1 Å². The molecule has 0 fully saturated rings. The fourth-order valence-corrected chi connectivity index (χ4v) is 2.36. The Hall–Kier alpha value is -3.39. The number of nitrogens with zero attached hydrogens (tertiary/aromatic N) is 3. The number of aryl methyl sites for hydroxylation is 1. The summed E-state index contributed by atoms with van der Waals surface area (Å²) in [5.41, 5.74) is 4.35. The summed E-state index contributed by atoms with van der Waals surface area (Å²) in [4.78, 5) is 14.0. The summed E-state index contributed by atoms with van der Waals surface area (Å²) in [5, 5.41) is 12.2. The van der Waals surface area contributed by atoms with Gasteiger partial charge in [-0.25, -0.2) is 5.43 Å². The highest BCUT2D eigenvalue weighted by molar-refractivity contribution is 6.30. The maximum atomic E-state index is 11.5. The molecular formula is C19H18ClN5O3. The lowest BCUT2D eigenvalue weighted by Crippen LogP contribution is -2.15. The van der Waals surface area contributed by atoms with Crippen molar-refractivity contribution in [2.45, 2.75) is 13.5 Å². The third kappa shape index (κ3) is 5.08. The fraction of sp³-hybridized carbons (Fsp3) is 0.158. The molecule has 1 heterocycles. The number of hydrogen-bond donors (Lipinski definition) is 2. The zero-order chi connectivity index (χ0) is 19.9. The van der Waals surface area contributed by atoms with E-state index in [2.05, 4.69) is 25.7 Å². The lowest BCUT2D eigenvalue weighted by atomic mass is 10.2. The Morgan fingerprint density at radius 2 is 1.96 bits per heavy atom. The molecule has 1 aromatic heterocycles. The van der Waals surface area contributed by atoms with E-state index in [0.717, 1.165) is 11.1 Å². The molecule has 2 N–H and O–H groups in total. The van der Waals surface area contributed by atoms with Gasteiger partial charge in [0.15, 0.2) is 11.5 Å². The number of halogens is 1. The largest absolute Gasteiger partial charge is 0.493 e.